The summed E-state index contributed by atoms with van der Waals surface area (Å²) < 4.78 is 5.65. The van der Waals surface area contributed by atoms with Crippen molar-refractivity contribution in [1.29, 1.82) is 0 Å². The van der Waals surface area contributed by atoms with Crippen molar-refractivity contribution in [3.8, 4) is 5.75 Å². The number of piperazine rings is 1. The number of likely N-dealkylation sites (N-methyl/N-ethyl adjacent to an activating group) is 1. The van der Waals surface area contributed by atoms with Crippen LogP contribution < -0.4 is 15.0 Å². The van der Waals surface area contributed by atoms with Crippen LogP contribution in [0.3, 0.4) is 0 Å². The number of ether oxygens (including phenoxy) is 1. The first-order valence-corrected chi connectivity index (χ1v) is 10.1. The molecule has 0 unspecified atom stereocenters. The number of carbonyl (C=O) groups is 1. The van der Waals surface area contributed by atoms with Crippen LogP contribution in [0, 0.1) is 6.92 Å². The van der Waals surface area contributed by atoms with Crippen LogP contribution in [0.2, 0.25) is 0 Å². The van der Waals surface area contributed by atoms with E-state index in [0.717, 1.165) is 50.5 Å². The molecule has 0 saturated carbocycles. The molecule has 28 heavy (non-hydrogen) atoms. The molecule has 1 heterocycles. The molecule has 5 heteroatoms. The van der Waals surface area contributed by atoms with E-state index < -0.39 is 0 Å². The lowest BCUT2D eigenvalue weighted by Gasteiger charge is -2.35. The van der Waals surface area contributed by atoms with Gasteiger partial charge in [0.15, 0.2) is 0 Å². The maximum Gasteiger partial charge on any atom is 0.255 e. The van der Waals surface area contributed by atoms with Crippen LogP contribution in [-0.4, -0.2) is 50.6 Å². The number of amides is 1. The average molecular weight is 382 g/mol. The van der Waals surface area contributed by atoms with Crippen molar-refractivity contribution in [2.45, 2.75) is 26.7 Å². The number of carbonyl (C=O) groups excluding carboxylic acids is 1. The van der Waals surface area contributed by atoms with E-state index in [-0.39, 0.29) is 5.91 Å². The van der Waals surface area contributed by atoms with Crippen LogP contribution >= 0.6 is 0 Å². The smallest absolute Gasteiger partial charge is 0.255 e. The van der Waals surface area contributed by atoms with E-state index in [1.165, 1.54) is 11.3 Å². The van der Waals surface area contributed by atoms with Gasteiger partial charge in [-0.05, 0) is 68.4 Å². The molecule has 1 fully saturated rings. The fourth-order valence-corrected chi connectivity index (χ4v) is 3.38. The molecule has 0 spiro atoms. The molecule has 150 valence electrons. The molecule has 1 N–H and O–H groups in total. The second kappa shape index (κ2) is 9.60. The van der Waals surface area contributed by atoms with Gasteiger partial charge in [-0.15, -0.1) is 0 Å². The number of nitrogens with one attached hydrogen (secondary N) is 1. The Morgan fingerprint density at radius 2 is 1.79 bits per heavy atom. The van der Waals surface area contributed by atoms with Gasteiger partial charge in [-0.2, -0.15) is 0 Å². The zero-order chi connectivity index (χ0) is 19.9. The normalized spacial score (nSPS) is 14.8. The Morgan fingerprint density at radius 1 is 1.07 bits per heavy atom. The summed E-state index contributed by atoms with van der Waals surface area (Å²) in [7, 11) is 2.16. The Bertz CT molecular complexity index is 781. The first-order valence-electron chi connectivity index (χ1n) is 10.1. The molecule has 1 saturated heterocycles. The fourth-order valence-electron chi connectivity index (χ4n) is 3.38. The Morgan fingerprint density at radius 3 is 2.43 bits per heavy atom. The van der Waals surface area contributed by atoms with Gasteiger partial charge in [0.05, 0.1) is 6.61 Å². The standard InChI is InChI=1S/C23H31N3O2/c1-4-5-16-28-21-9-6-19(7-10-21)23(27)24-20-8-11-22(18(2)17-20)26-14-12-25(3)13-15-26/h6-11,17H,4-5,12-16H2,1-3H3,(H,24,27). The lowest BCUT2D eigenvalue weighted by molar-refractivity contribution is 0.102. The average Bonchev–Trinajstić information content (AvgIpc) is 2.70. The van der Waals surface area contributed by atoms with Gasteiger partial charge in [-0.3, -0.25) is 4.79 Å². The van der Waals surface area contributed by atoms with Crippen LogP contribution in [0.4, 0.5) is 11.4 Å². The third-order valence-corrected chi connectivity index (χ3v) is 5.18. The van der Waals surface area contributed by atoms with E-state index in [1.807, 2.05) is 36.4 Å². The Balaban J connectivity index is 1.60. The first kappa shape index (κ1) is 20.2. The molecule has 3 rings (SSSR count). The number of anilines is 2. The van der Waals surface area contributed by atoms with Crippen molar-refractivity contribution in [2.24, 2.45) is 0 Å². The number of unbranched alkanes of at least 4 members (excludes halogenated alkanes) is 1. The molecule has 0 bridgehead atoms. The number of aryl methyl sites for hydroxylation is 1. The van der Waals surface area contributed by atoms with Crippen molar-refractivity contribution in [3.05, 3.63) is 53.6 Å². The van der Waals surface area contributed by atoms with Gasteiger partial charge in [0.25, 0.3) is 5.91 Å². The predicted octanol–water partition coefficient (Wildman–Crippen LogP) is 4.18. The lowest BCUT2D eigenvalue weighted by atomic mass is 10.1. The molecule has 1 amide bonds. The van der Waals surface area contributed by atoms with E-state index in [4.69, 9.17) is 4.74 Å². The first-order chi connectivity index (χ1) is 13.6. The van der Waals surface area contributed by atoms with Crippen LogP contribution in [-0.2, 0) is 0 Å². The predicted molar refractivity (Wildman–Crippen MR) is 116 cm³/mol. The van der Waals surface area contributed by atoms with Crippen molar-refractivity contribution in [1.82, 2.24) is 4.90 Å². The second-order valence-corrected chi connectivity index (χ2v) is 7.47. The summed E-state index contributed by atoms with van der Waals surface area (Å²) in [6, 6.07) is 13.5. The minimum Gasteiger partial charge on any atom is -0.494 e. The summed E-state index contributed by atoms with van der Waals surface area (Å²) in [5.74, 6) is 0.698. The molecule has 0 aromatic heterocycles. The van der Waals surface area contributed by atoms with Crippen molar-refractivity contribution in [3.63, 3.8) is 0 Å². The highest BCUT2D eigenvalue weighted by Gasteiger charge is 2.16. The Hall–Kier alpha value is -2.53. The zero-order valence-electron chi connectivity index (χ0n) is 17.2. The number of hydrogen-bond acceptors (Lipinski definition) is 4. The third-order valence-electron chi connectivity index (χ3n) is 5.18. The highest BCUT2D eigenvalue weighted by atomic mass is 16.5. The quantitative estimate of drug-likeness (QED) is 0.731. The highest BCUT2D eigenvalue weighted by Crippen LogP contribution is 2.25. The molecule has 1 aliphatic rings. The number of hydrogen-bond donors (Lipinski definition) is 1. The minimum absolute atomic E-state index is 0.105. The molecule has 0 radical (unpaired) electrons. The Kier molecular flexibility index (Phi) is 6.93. The topological polar surface area (TPSA) is 44.8 Å². The zero-order valence-corrected chi connectivity index (χ0v) is 17.2. The number of rotatable bonds is 7. The molecule has 5 nitrogen and oxygen atoms in total. The summed E-state index contributed by atoms with van der Waals surface area (Å²) in [4.78, 5) is 17.3. The van der Waals surface area contributed by atoms with Crippen molar-refractivity contribution < 1.29 is 9.53 Å². The number of nitrogens with zero attached hydrogens (tertiary/aromatic N) is 2. The van der Waals surface area contributed by atoms with Gasteiger partial charge in [-0.1, -0.05) is 13.3 Å². The van der Waals surface area contributed by atoms with E-state index in [9.17, 15) is 4.79 Å². The molecular formula is C23H31N3O2. The van der Waals surface area contributed by atoms with Gasteiger partial charge in [-0.25, -0.2) is 0 Å². The molecule has 2 aromatic rings. The fraction of sp³-hybridized carbons (Fsp3) is 0.435. The number of benzene rings is 2. The maximum atomic E-state index is 12.6. The second-order valence-electron chi connectivity index (χ2n) is 7.47. The maximum absolute atomic E-state index is 12.6. The largest absolute Gasteiger partial charge is 0.494 e. The van der Waals surface area contributed by atoms with Gasteiger partial charge in [0, 0.05) is 43.1 Å². The van der Waals surface area contributed by atoms with E-state index in [2.05, 4.69) is 42.1 Å². The van der Waals surface area contributed by atoms with Crippen LogP contribution in [0.5, 0.6) is 5.75 Å². The summed E-state index contributed by atoms with van der Waals surface area (Å²) in [5, 5.41) is 3.00. The van der Waals surface area contributed by atoms with Gasteiger partial charge >= 0.3 is 0 Å². The molecule has 2 aromatic carbocycles. The van der Waals surface area contributed by atoms with Gasteiger partial charge in [0.2, 0.25) is 0 Å². The van der Waals surface area contributed by atoms with Crippen LogP contribution in [0.15, 0.2) is 42.5 Å². The molecule has 0 aliphatic carbocycles. The van der Waals surface area contributed by atoms with Crippen molar-refractivity contribution in [2.75, 3.05) is 50.1 Å². The SMILES string of the molecule is CCCCOc1ccc(C(=O)Nc2ccc(N3CCN(C)CC3)c(C)c2)cc1. The summed E-state index contributed by atoms with van der Waals surface area (Å²) >= 11 is 0. The molecule has 1 aliphatic heterocycles. The minimum atomic E-state index is -0.105. The Labute approximate surface area is 168 Å². The summed E-state index contributed by atoms with van der Waals surface area (Å²) in [6.45, 7) is 9.18. The van der Waals surface area contributed by atoms with Crippen molar-refractivity contribution >= 4 is 17.3 Å². The van der Waals surface area contributed by atoms with Gasteiger partial charge < -0.3 is 19.9 Å². The van der Waals surface area contributed by atoms with E-state index in [1.54, 1.807) is 0 Å². The highest BCUT2D eigenvalue weighted by molar-refractivity contribution is 6.04. The van der Waals surface area contributed by atoms with Crippen LogP contribution in [0.25, 0.3) is 0 Å². The monoisotopic (exact) mass is 381 g/mol. The van der Waals surface area contributed by atoms with E-state index in [0.29, 0.717) is 12.2 Å². The lowest BCUT2D eigenvalue weighted by Crippen LogP contribution is -2.44. The van der Waals surface area contributed by atoms with Gasteiger partial charge in [0.1, 0.15) is 5.75 Å². The summed E-state index contributed by atoms with van der Waals surface area (Å²) in [6.07, 6.45) is 2.14. The van der Waals surface area contributed by atoms with E-state index >= 15 is 0 Å². The van der Waals surface area contributed by atoms with Crippen LogP contribution in [0.1, 0.15) is 35.7 Å². The molecule has 0 atom stereocenters. The summed E-state index contributed by atoms with van der Waals surface area (Å²) in [5.41, 5.74) is 3.88. The third kappa shape index (κ3) is 5.26. The molecular weight excluding hydrogens is 350 g/mol.